The van der Waals surface area contributed by atoms with E-state index < -0.39 is 11.5 Å². The van der Waals surface area contributed by atoms with Crippen LogP contribution >= 0.6 is 15.9 Å². The minimum atomic E-state index is -0.936. The van der Waals surface area contributed by atoms with E-state index in [1.807, 2.05) is 6.92 Å². The summed E-state index contributed by atoms with van der Waals surface area (Å²) in [6.45, 7) is 2.99. The number of benzene rings is 1. The number of rotatable bonds is 2. The van der Waals surface area contributed by atoms with Crippen LogP contribution in [0, 0.1) is 6.92 Å². The first-order valence-electron chi connectivity index (χ1n) is 5.34. The highest BCUT2D eigenvalue weighted by atomic mass is 79.9. The molecular weight excluding hydrogens is 286 g/mol. The Kier molecular flexibility index (Phi) is 3.25. The molecule has 17 heavy (non-hydrogen) atoms. The predicted molar refractivity (Wildman–Crippen MR) is 67.1 cm³/mol. The van der Waals surface area contributed by atoms with Crippen LogP contribution < -0.4 is 5.73 Å². The van der Waals surface area contributed by atoms with Gasteiger partial charge in [0.2, 0.25) is 0 Å². The third-order valence-electron chi connectivity index (χ3n) is 3.08. The molecule has 0 aromatic heterocycles. The second-order valence-electron chi connectivity index (χ2n) is 4.41. The van der Waals surface area contributed by atoms with Gasteiger partial charge < -0.3 is 15.6 Å². The van der Waals surface area contributed by atoms with Crippen molar-refractivity contribution >= 4 is 21.9 Å². The highest BCUT2D eigenvalue weighted by Crippen LogP contribution is 2.36. The third kappa shape index (κ3) is 2.22. The maximum absolute atomic E-state index is 10.9. The highest BCUT2D eigenvalue weighted by Gasteiger charge is 2.35. The molecule has 1 atom stereocenters. The summed E-state index contributed by atoms with van der Waals surface area (Å²) in [7, 11) is 0. The summed E-state index contributed by atoms with van der Waals surface area (Å²) >= 11 is 3.41. The van der Waals surface area contributed by atoms with Gasteiger partial charge in [-0.2, -0.15) is 0 Å². The normalized spacial score (nSPS) is 23.9. The molecule has 0 bridgehead atoms. The summed E-state index contributed by atoms with van der Waals surface area (Å²) in [5, 5.41) is 8.98. The highest BCUT2D eigenvalue weighted by molar-refractivity contribution is 9.10. The van der Waals surface area contributed by atoms with Gasteiger partial charge in [-0.25, -0.2) is 4.79 Å². The topological polar surface area (TPSA) is 72.5 Å². The lowest BCUT2D eigenvalue weighted by atomic mass is 9.86. The molecule has 1 unspecified atom stereocenters. The number of halogens is 1. The van der Waals surface area contributed by atoms with Crippen molar-refractivity contribution in [2.24, 2.45) is 5.73 Å². The fourth-order valence-electron chi connectivity index (χ4n) is 2.28. The van der Waals surface area contributed by atoms with Gasteiger partial charge in [0.05, 0.1) is 17.7 Å². The van der Waals surface area contributed by atoms with Crippen LogP contribution in [0.1, 0.15) is 27.9 Å². The van der Waals surface area contributed by atoms with E-state index in [0.717, 1.165) is 22.0 Å². The number of aryl methyl sites for hydroxylation is 1. The summed E-state index contributed by atoms with van der Waals surface area (Å²) in [6.07, 6.45) is 0.749. The monoisotopic (exact) mass is 299 g/mol. The smallest absolute Gasteiger partial charge is 0.335 e. The van der Waals surface area contributed by atoms with Gasteiger partial charge >= 0.3 is 5.97 Å². The van der Waals surface area contributed by atoms with Crippen molar-refractivity contribution in [1.82, 2.24) is 0 Å². The molecule has 3 N–H and O–H groups in total. The molecule has 4 nitrogen and oxygen atoms in total. The molecule has 1 saturated heterocycles. The van der Waals surface area contributed by atoms with Gasteiger partial charge in [-0.05, 0) is 36.6 Å². The molecule has 1 heterocycles. The largest absolute Gasteiger partial charge is 0.478 e. The van der Waals surface area contributed by atoms with Crippen molar-refractivity contribution in [3.63, 3.8) is 0 Å². The van der Waals surface area contributed by atoms with E-state index in [4.69, 9.17) is 15.6 Å². The zero-order valence-corrected chi connectivity index (χ0v) is 11.1. The Labute approximate surface area is 108 Å². The maximum atomic E-state index is 10.9. The van der Waals surface area contributed by atoms with Gasteiger partial charge in [-0.3, -0.25) is 0 Å². The average molecular weight is 300 g/mol. The SMILES string of the molecule is Cc1cc(C(=O)O)cc(Br)c1C1(N)CCOC1. The van der Waals surface area contributed by atoms with Gasteiger partial charge in [0.1, 0.15) is 0 Å². The molecule has 1 aromatic rings. The van der Waals surface area contributed by atoms with Crippen LogP contribution in [-0.2, 0) is 10.3 Å². The molecule has 1 aromatic carbocycles. The van der Waals surface area contributed by atoms with Crippen LogP contribution in [0.15, 0.2) is 16.6 Å². The van der Waals surface area contributed by atoms with Gasteiger partial charge in [-0.1, -0.05) is 15.9 Å². The fourth-order valence-corrected chi connectivity index (χ4v) is 3.23. The van der Waals surface area contributed by atoms with E-state index in [9.17, 15) is 4.79 Å². The van der Waals surface area contributed by atoms with Crippen LogP contribution in [0.25, 0.3) is 0 Å². The van der Waals surface area contributed by atoms with E-state index in [2.05, 4.69) is 15.9 Å². The van der Waals surface area contributed by atoms with Crippen LogP contribution in [0.3, 0.4) is 0 Å². The zero-order chi connectivity index (χ0) is 12.6. The second kappa shape index (κ2) is 4.40. The maximum Gasteiger partial charge on any atom is 0.335 e. The standard InChI is InChI=1S/C12H14BrNO3/c1-7-4-8(11(15)16)5-9(13)10(7)12(14)2-3-17-6-12/h4-5H,2-3,6,14H2,1H3,(H,15,16). The van der Waals surface area contributed by atoms with Gasteiger partial charge in [0.25, 0.3) is 0 Å². The number of nitrogens with two attached hydrogens (primary N) is 1. The zero-order valence-electron chi connectivity index (χ0n) is 9.50. The number of hydrogen-bond acceptors (Lipinski definition) is 3. The first-order valence-corrected chi connectivity index (χ1v) is 6.14. The van der Waals surface area contributed by atoms with Crippen LogP contribution in [0.5, 0.6) is 0 Å². The lowest BCUT2D eigenvalue weighted by molar-refractivity contribution is 0.0696. The summed E-state index contributed by atoms with van der Waals surface area (Å²) in [5.74, 6) is -0.936. The van der Waals surface area contributed by atoms with Gasteiger partial charge in [-0.15, -0.1) is 0 Å². The summed E-state index contributed by atoms with van der Waals surface area (Å²) in [6, 6.07) is 3.24. The van der Waals surface area contributed by atoms with Gasteiger partial charge in [0.15, 0.2) is 0 Å². The average Bonchev–Trinajstić information content (AvgIpc) is 2.64. The Balaban J connectivity index is 2.52. The molecule has 1 aliphatic rings. The lowest BCUT2D eigenvalue weighted by Gasteiger charge is -2.26. The van der Waals surface area contributed by atoms with Crippen LogP contribution in [-0.4, -0.2) is 24.3 Å². The van der Waals surface area contributed by atoms with E-state index >= 15 is 0 Å². The molecule has 92 valence electrons. The number of carboxylic acid groups (broad SMARTS) is 1. The van der Waals surface area contributed by atoms with E-state index in [1.165, 1.54) is 0 Å². The second-order valence-corrected chi connectivity index (χ2v) is 5.27. The van der Waals surface area contributed by atoms with E-state index in [0.29, 0.717) is 13.2 Å². The van der Waals surface area contributed by atoms with Crippen molar-refractivity contribution in [2.75, 3.05) is 13.2 Å². The first-order chi connectivity index (χ1) is 7.94. The van der Waals surface area contributed by atoms with E-state index in [-0.39, 0.29) is 5.56 Å². The number of ether oxygens (including phenoxy) is 1. The molecule has 0 spiro atoms. The number of carboxylic acids is 1. The minimum absolute atomic E-state index is 0.264. The number of carbonyl (C=O) groups is 1. The number of hydrogen-bond donors (Lipinski definition) is 2. The predicted octanol–water partition coefficient (Wildman–Crippen LogP) is 2.03. The summed E-state index contributed by atoms with van der Waals surface area (Å²) in [5.41, 5.74) is 7.88. The summed E-state index contributed by atoms with van der Waals surface area (Å²) < 4.78 is 6.08. The lowest BCUT2D eigenvalue weighted by Crippen LogP contribution is -2.38. The number of aromatic carboxylic acids is 1. The summed E-state index contributed by atoms with van der Waals surface area (Å²) in [4.78, 5) is 10.9. The van der Waals surface area contributed by atoms with Crippen molar-refractivity contribution < 1.29 is 14.6 Å². The Bertz CT molecular complexity index is 444. The molecule has 0 aliphatic carbocycles. The molecule has 5 heteroatoms. The molecule has 0 amide bonds. The van der Waals surface area contributed by atoms with Crippen LogP contribution in [0.2, 0.25) is 0 Å². The molecule has 0 radical (unpaired) electrons. The molecule has 1 fully saturated rings. The van der Waals surface area contributed by atoms with Gasteiger partial charge in [0, 0.05) is 11.1 Å². The first kappa shape index (κ1) is 12.5. The third-order valence-corrected chi connectivity index (χ3v) is 3.71. The Morgan fingerprint density at radius 3 is 2.76 bits per heavy atom. The van der Waals surface area contributed by atoms with Crippen molar-refractivity contribution in [1.29, 1.82) is 0 Å². The van der Waals surface area contributed by atoms with Crippen molar-refractivity contribution in [3.05, 3.63) is 33.3 Å². The van der Waals surface area contributed by atoms with Crippen molar-refractivity contribution in [2.45, 2.75) is 18.9 Å². The molecule has 0 saturated carbocycles. The van der Waals surface area contributed by atoms with E-state index in [1.54, 1.807) is 12.1 Å². The minimum Gasteiger partial charge on any atom is -0.478 e. The molecule has 2 rings (SSSR count). The quantitative estimate of drug-likeness (QED) is 0.876. The Morgan fingerprint density at radius 1 is 1.59 bits per heavy atom. The Morgan fingerprint density at radius 2 is 2.29 bits per heavy atom. The Hall–Kier alpha value is -0.910. The van der Waals surface area contributed by atoms with Crippen molar-refractivity contribution in [3.8, 4) is 0 Å². The fraction of sp³-hybridized carbons (Fsp3) is 0.417. The molecular formula is C12H14BrNO3. The molecule has 1 aliphatic heterocycles. The van der Waals surface area contributed by atoms with Crippen LogP contribution in [0.4, 0.5) is 0 Å².